The van der Waals surface area contributed by atoms with Crippen LogP contribution < -0.4 is 0 Å². The lowest BCUT2D eigenvalue weighted by atomic mass is 10.3. The molecule has 2 heterocycles. The molecule has 2 nitrogen and oxygen atoms in total. The molecule has 0 spiro atoms. The quantitative estimate of drug-likeness (QED) is 0.689. The van der Waals surface area contributed by atoms with E-state index < -0.39 is 5.82 Å². The van der Waals surface area contributed by atoms with Gasteiger partial charge in [-0.05, 0) is 36.2 Å². The van der Waals surface area contributed by atoms with Crippen molar-refractivity contribution in [2.24, 2.45) is 0 Å². The number of aromatic nitrogens is 2. The molecule has 3 aromatic rings. The Balaban J connectivity index is 2.00. The molecule has 1 N–H and O–H groups in total. The summed E-state index contributed by atoms with van der Waals surface area (Å²) < 4.78 is 16.0. The number of nitrogens with one attached hydrogen (secondary N) is 1. The fraction of sp³-hybridized carbons (Fsp3) is 0.154. The van der Waals surface area contributed by atoms with Crippen molar-refractivity contribution < 1.29 is 4.39 Å². The molecule has 0 atom stereocenters. The van der Waals surface area contributed by atoms with Crippen molar-refractivity contribution >= 4 is 46.2 Å². The maximum atomic E-state index is 13.4. The number of imidazole rings is 1. The second-order valence-corrected chi connectivity index (χ2v) is 6.02. The summed E-state index contributed by atoms with van der Waals surface area (Å²) in [5, 5.41) is 2.17. The monoisotopic (exact) mass is 312 g/mol. The molecular weight excluding hydrogens is 303 g/mol. The summed E-state index contributed by atoms with van der Waals surface area (Å²) in [7, 11) is 0. The molecule has 0 aliphatic rings. The number of halogens is 2. The highest BCUT2D eigenvalue weighted by molar-refractivity contribution is 7.71. The van der Waals surface area contributed by atoms with Crippen molar-refractivity contribution in [1.29, 1.82) is 0 Å². The fourth-order valence-electron chi connectivity index (χ4n) is 2.05. The van der Waals surface area contributed by atoms with Gasteiger partial charge < -0.3 is 9.55 Å². The van der Waals surface area contributed by atoms with Crippen LogP contribution in [-0.2, 0) is 13.0 Å². The van der Waals surface area contributed by atoms with Crippen LogP contribution in [0.15, 0.2) is 29.6 Å². The number of hydrogen-bond donors (Lipinski definition) is 1. The van der Waals surface area contributed by atoms with Crippen molar-refractivity contribution in [3.05, 3.63) is 50.1 Å². The standard InChI is InChI=1S/C13H10ClFN2S2/c14-9-6-12-11(7-10(9)15)16-13(18)17(12)4-3-8-2-1-5-19-8/h1-2,5-7H,3-4H2,(H,16,18). The Morgan fingerprint density at radius 3 is 3.00 bits per heavy atom. The second-order valence-electron chi connectivity index (χ2n) is 4.19. The van der Waals surface area contributed by atoms with E-state index >= 15 is 0 Å². The van der Waals surface area contributed by atoms with Gasteiger partial charge in [-0.2, -0.15) is 0 Å². The Hall–Kier alpha value is -1.17. The van der Waals surface area contributed by atoms with E-state index in [0.717, 1.165) is 18.5 Å². The summed E-state index contributed by atoms with van der Waals surface area (Å²) in [6.45, 7) is 0.751. The average Bonchev–Trinajstić information content (AvgIpc) is 2.96. The summed E-state index contributed by atoms with van der Waals surface area (Å²) >= 11 is 12.8. The lowest BCUT2D eigenvalue weighted by molar-refractivity contribution is 0.629. The first-order valence-electron chi connectivity index (χ1n) is 5.75. The van der Waals surface area contributed by atoms with E-state index in [1.54, 1.807) is 17.4 Å². The van der Waals surface area contributed by atoms with Gasteiger partial charge >= 0.3 is 0 Å². The van der Waals surface area contributed by atoms with Crippen LogP contribution in [0.4, 0.5) is 4.39 Å². The summed E-state index contributed by atoms with van der Waals surface area (Å²) in [4.78, 5) is 4.30. The zero-order valence-corrected chi connectivity index (χ0v) is 12.2. The summed E-state index contributed by atoms with van der Waals surface area (Å²) in [6, 6.07) is 7.12. The zero-order chi connectivity index (χ0) is 13.4. The molecule has 98 valence electrons. The molecule has 3 rings (SSSR count). The number of thiophene rings is 1. The third-order valence-electron chi connectivity index (χ3n) is 2.98. The SMILES string of the molecule is Fc1cc2[nH]c(=S)n(CCc3cccs3)c2cc1Cl. The Morgan fingerprint density at radius 1 is 1.42 bits per heavy atom. The number of benzene rings is 1. The highest BCUT2D eigenvalue weighted by Crippen LogP contribution is 2.23. The molecule has 2 aromatic heterocycles. The van der Waals surface area contributed by atoms with Crippen molar-refractivity contribution in [2.45, 2.75) is 13.0 Å². The van der Waals surface area contributed by atoms with Gasteiger partial charge in [0.25, 0.3) is 0 Å². The van der Waals surface area contributed by atoms with Gasteiger partial charge in [-0.3, -0.25) is 0 Å². The molecular formula is C13H10ClFN2S2. The lowest BCUT2D eigenvalue weighted by Gasteiger charge is -2.04. The number of fused-ring (bicyclic) bond motifs is 1. The van der Waals surface area contributed by atoms with Gasteiger partial charge in [0.1, 0.15) is 5.82 Å². The van der Waals surface area contributed by atoms with Crippen LogP contribution in [0.5, 0.6) is 0 Å². The normalized spacial score (nSPS) is 11.3. The molecule has 1 aromatic carbocycles. The highest BCUT2D eigenvalue weighted by atomic mass is 35.5. The van der Waals surface area contributed by atoms with Gasteiger partial charge in [0.2, 0.25) is 0 Å². The highest BCUT2D eigenvalue weighted by Gasteiger charge is 2.09. The molecule has 0 aliphatic heterocycles. The summed E-state index contributed by atoms with van der Waals surface area (Å²) in [5.74, 6) is -0.434. The van der Waals surface area contributed by atoms with Crippen molar-refractivity contribution in [1.82, 2.24) is 9.55 Å². The van der Waals surface area contributed by atoms with Gasteiger partial charge in [-0.25, -0.2) is 4.39 Å². The van der Waals surface area contributed by atoms with E-state index in [-0.39, 0.29) is 5.02 Å². The van der Waals surface area contributed by atoms with Gasteiger partial charge in [-0.15, -0.1) is 11.3 Å². The molecule has 0 aliphatic carbocycles. The molecule has 0 amide bonds. The maximum absolute atomic E-state index is 13.4. The minimum Gasteiger partial charge on any atom is -0.330 e. The molecule has 19 heavy (non-hydrogen) atoms. The Bertz CT molecular complexity index is 774. The van der Waals surface area contributed by atoms with Crippen LogP contribution in [0.2, 0.25) is 5.02 Å². The van der Waals surface area contributed by atoms with Crippen LogP contribution in [0.3, 0.4) is 0 Å². The predicted octanol–water partition coefficient (Wildman–Crippen LogP) is 4.80. The van der Waals surface area contributed by atoms with Gasteiger partial charge in [0, 0.05) is 17.5 Å². The second kappa shape index (κ2) is 5.07. The Morgan fingerprint density at radius 2 is 2.26 bits per heavy atom. The molecule has 0 bridgehead atoms. The number of H-pyrrole nitrogens is 1. The molecule has 0 saturated carbocycles. The van der Waals surface area contributed by atoms with E-state index in [4.69, 9.17) is 23.8 Å². The van der Waals surface area contributed by atoms with Crippen molar-refractivity contribution in [3.8, 4) is 0 Å². The number of rotatable bonds is 3. The van der Waals surface area contributed by atoms with Gasteiger partial charge in [-0.1, -0.05) is 17.7 Å². The Labute approximate surface area is 123 Å². The number of nitrogens with zero attached hydrogens (tertiary/aromatic N) is 1. The summed E-state index contributed by atoms with van der Waals surface area (Å²) in [5.41, 5.74) is 1.52. The largest absolute Gasteiger partial charge is 0.330 e. The smallest absolute Gasteiger partial charge is 0.178 e. The number of aromatic amines is 1. The number of aryl methyl sites for hydroxylation is 2. The topological polar surface area (TPSA) is 20.7 Å². The third-order valence-corrected chi connectivity index (χ3v) is 4.53. The molecule has 0 radical (unpaired) electrons. The van der Waals surface area contributed by atoms with Crippen LogP contribution in [0.1, 0.15) is 4.88 Å². The van der Waals surface area contributed by atoms with Crippen LogP contribution in [0, 0.1) is 10.6 Å². The number of hydrogen-bond acceptors (Lipinski definition) is 2. The Kier molecular flexibility index (Phi) is 3.43. The first-order chi connectivity index (χ1) is 9.15. The fourth-order valence-corrected chi connectivity index (χ4v) is 3.21. The first kappa shape index (κ1) is 12.8. The average molecular weight is 313 g/mol. The minimum atomic E-state index is -0.434. The van der Waals surface area contributed by atoms with E-state index in [2.05, 4.69) is 16.4 Å². The van der Waals surface area contributed by atoms with E-state index in [9.17, 15) is 4.39 Å². The van der Waals surface area contributed by atoms with E-state index in [1.165, 1.54) is 10.9 Å². The van der Waals surface area contributed by atoms with Crippen molar-refractivity contribution in [3.63, 3.8) is 0 Å². The first-order valence-corrected chi connectivity index (χ1v) is 7.41. The summed E-state index contributed by atoms with van der Waals surface area (Å²) in [6.07, 6.45) is 0.897. The minimum absolute atomic E-state index is 0.117. The molecule has 0 saturated heterocycles. The maximum Gasteiger partial charge on any atom is 0.178 e. The zero-order valence-electron chi connectivity index (χ0n) is 9.82. The van der Waals surface area contributed by atoms with E-state index in [1.807, 2.05) is 10.6 Å². The predicted molar refractivity (Wildman–Crippen MR) is 80.1 cm³/mol. The van der Waals surface area contributed by atoms with E-state index in [0.29, 0.717) is 10.3 Å². The lowest BCUT2D eigenvalue weighted by Crippen LogP contribution is -2.00. The van der Waals surface area contributed by atoms with Crippen molar-refractivity contribution in [2.75, 3.05) is 0 Å². The van der Waals surface area contributed by atoms with Gasteiger partial charge in [0.05, 0.1) is 16.1 Å². The molecule has 0 fully saturated rings. The third kappa shape index (κ3) is 2.45. The van der Waals surface area contributed by atoms with Crippen LogP contribution >= 0.6 is 35.2 Å². The van der Waals surface area contributed by atoms with Gasteiger partial charge in [0.15, 0.2) is 4.77 Å². The molecule has 0 unspecified atom stereocenters. The van der Waals surface area contributed by atoms with Crippen LogP contribution in [0.25, 0.3) is 11.0 Å². The molecule has 6 heteroatoms. The van der Waals surface area contributed by atoms with Crippen LogP contribution in [-0.4, -0.2) is 9.55 Å².